The molecule has 0 spiro atoms. The molecule has 1 saturated carbocycles. The van der Waals surface area contributed by atoms with Gasteiger partial charge in [0.2, 0.25) is 15.9 Å². The molecule has 1 amide bonds. The fourth-order valence-corrected chi connectivity index (χ4v) is 5.88. The molecule has 1 aliphatic heterocycles. The number of hydrogen-bond donors (Lipinski definition) is 1. The van der Waals surface area contributed by atoms with Crippen LogP contribution in [0.5, 0.6) is 0 Å². The molecule has 0 radical (unpaired) electrons. The lowest BCUT2D eigenvalue weighted by molar-refractivity contribution is -0.137. The summed E-state index contributed by atoms with van der Waals surface area (Å²) in [4.78, 5) is 15.0. The highest BCUT2D eigenvalue weighted by molar-refractivity contribution is 7.89. The summed E-state index contributed by atoms with van der Waals surface area (Å²) in [7, 11) is -3.52. The van der Waals surface area contributed by atoms with E-state index in [1.807, 2.05) is 30.9 Å². The molecule has 0 aromatic heterocycles. The van der Waals surface area contributed by atoms with Crippen molar-refractivity contribution in [3.63, 3.8) is 0 Å². The second kappa shape index (κ2) is 8.90. The first-order valence-electron chi connectivity index (χ1n) is 9.41. The third-order valence-corrected chi connectivity index (χ3v) is 7.83. The molecular weight excluding hydrogens is 386 g/mol. The van der Waals surface area contributed by atoms with E-state index in [0.717, 1.165) is 30.4 Å². The third kappa shape index (κ3) is 4.47. The molecule has 1 aromatic carbocycles. The highest BCUT2D eigenvalue weighted by Gasteiger charge is 2.37. The number of benzene rings is 1. The Morgan fingerprint density at radius 3 is 2.44 bits per heavy atom. The van der Waals surface area contributed by atoms with Crippen molar-refractivity contribution in [3.8, 4) is 0 Å². The molecule has 1 saturated heterocycles. The first-order chi connectivity index (χ1) is 12.3. The lowest BCUT2D eigenvalue weighted by atomic mass is 9.94. The monoisotopic (exact) mass is 415 g/mol. The Bertz CT molecular complexity index is 776. The first kappa shape index (κ1) is 22.1. The molecule has 3 rings (SSSR count). The van der Waals surface area contributed by atoms with Gasteiger partial charge in [0.05, 0.1) is 4.90 Å². The van der Waals surface area contributed by atoms with E-state index in [-0.39, 0.29) is 30.2 Å². The number of aryl methyl sites for hydroxylation is 2. The standard InChI is InChI=1S/C19H29N3O3S.ClH/c1-14-6-7-15(2)18(12-14)26(24,25)22-10-8-21(9-11-22)19(23)17-5-3-4-16(17)13-20;/h6-7,12,16-17H,3-5,8-11,13,20H2,1-2H3;1H/t16-,17-;/m1./s1. The summed E-state index contributed by atoms with van der Waals surface area (Å²) in [6.07, 6.45) is 2.98. The van der Waals surface area contributed by atoms with E-state index in [9.17, 15) is 13.2 Å². The zero-order chi connectivity index (χ0) is 18.9. The summed E-state index contributed by atoms with van der Waals surface area (Å²) in [5.74, 6) is 0.447. The lowest BCUT2D eigenvalue weighted by Gasteiger charge is -2.36. The van der Waals surface area contributed by atoms with Gasteiger partial charge in [-0.05, 0) is 56.3 Å². The predicted octanol–water partition coefficient (Wildman–Crippen LogP) is 1.93. The second-order valence-corrected chi connectivity index (χ2v) is 9.44. The number of amides is 1. The SMILES string of the molecule is Cc1ccc(C)c(S(=O)(=O)N2CCN(C(=O)[C@@H]3CCC[C@@H]3CN)CC2)c1.Cl. The average Bonchev–Trinajstić information content (AvgIpc) is 3.12. The van der Waals surface area contributed by atoms with Crippen LogP contribution in [-0.2, 0) is 14.8 Å². The van der Waals surface area contributed by atoms with Gasteiger partial charge in [-0.25, -0.2) is 8.42 Å². The Hall–Kier alpha value is -1.15. The summed E-state index contributed by atoms with van der Waals surface area (Å²) in [5.41, 5.74) is 7.49. The van der Waals surface area contributed by atoms with Gasteiger partial charge < -0.3 is 10.6 Å². The van der Waals surface area contributed by atoms with Crippen LogP contribution in [-0.4, -0.2) is 56.3 Å². The molecule has 2 fully saturated rings. The zero-order valence-electron chi connectivity index (χ0n) is 16.1. The lowest BCUT2D eigenvalue weighted by Crippen LogP contribution is -2.52. The van der Waals surface area contributed by atoms with Gasteiger partial charge in [-0.15, -0.1) is 12.4 Å². The van der Waals surface area contributed by atoms with Crippen molar-refractivity contribution in [3.05, 3.63) is 29.3 Å². The van der Waals surface area contributed by atoms with E-state index in [2.05, 4.69) is 0 Å². The van der Waals surface area contributed by atoms with Gasteiger partial charge in [-0.2, -0.15) is 4.31 Å². The maximum Gasteiger partial charge on any atom is 0.243 e. The Labute approximate surface area is 168 Å². The fraction of sp³-hybridized carbons (Fsp3) is 0.632. The van der Waals surface area contributed by atoms with Gasteiger partial charge in [0.1, 0.15) is 0 Å². The molecule has 2 aliphatic rings. The normalized spacial score (nSPS) is 23.9. The number of piperazine rings is 1. The van der Waals surface area contributed by atoms with Crippen LogP contribution in [0.15, 0.2) is 23.1 Å². The predicted molar refractivity (Wildman–Crippen MR) is 108 cm³/mol. The van der Waals surface area contributed by atoms with Crippen molar-refractivity contribution >= 4 is 28.3 Å². The Morgan fingerprint density at radius 1 is 1.15 bits per heavy atom. The largest absolute Gasteiger partial charge is 0.340 e. The minimum atomic E-state index is -3.52. The quantitative estimate of drug-likeness (QED) is 0.814. The second-order valence-electron chi connectivity index (χ2n) is 7.53. The van der Waals surface area contributed by atoms with Crippen LogP contribution in [0.25, 0.3) is 0 Å². The Balaban J connectivity index is 0.00000261. The first-order valence-corrected chi connectivity index (χ1v) is 10.8. The Kier molecular flexibility index (Phi) is 7.30. The van der Waals surface area contributed by atoms with Crippen molar-refractivity contribution in [2.75, 3.05) is 32.7 Å². The average molecular weight is 416 g/mol. The smallest absolute Gasteiger partial charge is 0.243 e. The fourth-order valence-electron chi connectivity index (χ4n) is 4.15. The maximum absolute atomic E-state index is 13.0. The van der Waals surface area contributed by atoms with Crippen LogP contribution >= 0.6 is 12.4 Å². The van der Waals surface area contributed by atoms with Gasteiger partial charge in [0.15, 0.2) is 0 Å². The van der Waals surface area contributed by atoms with E-state index in [1.165, 1.54) is 4.31 Å². The van der Waals surface area contributed by atoms with E-state index in [1.54, 1.807) is 6.07 Å². The summed E-state index contributed by atoms with van der Waals surface area (Å²) >= 11 is 0. The summed E-state index contributed by atoms with van der Waals surface area (Å²) in [6.45, 7) is 5.87. The molecule has 6 nitrogen and oxygen atoms in total. The van der Waals surface area contributed by atoms with Gasteiger partial charge >= 0.3 is 0 Å². The topological polar surface area (TPSA) is 83.7 Å². The van der Waals surface area contributed by atoms with Crippen LogP contribution in [0.1, 0.15) is 30.4 Å². The number of nitrogens with zero attached hydrogens (tertiary/aromatic N) is 2. The van der Waals surface area contributed by atoms with Crippen molar-refractivity contribution in [2.45, 2.75) is 38.0 Å². The molecule has 0 unspecified atom stereocenters. The zero-order valence-corrected chi connectivity index (χ0v) is 17.7. The van der Waals surface area contributed by atoms with E-state index in [4.69, 9.17) is 5.73 Å². The highest BCUT2D eigenvalue weighted by Crippen LogP contribution is 2.33. The van der Waals surface area contributed by atoms with Crippen LogP contribution in [0.3, 0.4) is 0 Å². The highest BCUT2D eigenvalue weighted by atomic mass is 35.5. The molecule has 8 heteroatoms. The molecule has 1 heterocycles. The van der Waals surface area contributed by atoms with Gasteiger partial charge in [0, 0.05) is 32.1 Å². The van der Waals surface area contributed by atoms with E-state index in [0.29, 0.717) is 37.6 Å². The van der Waals surface area contributed by atoms with Gasteiger partial charge in [-0.1, -0.05) is 18.6 Å². The molecule has 27 heavy (non-hydrogen) atoms. The van der Waals surface area contributed by atoms with Crippen LogP contribution in [0.2, 0.25) is 0 Å². The van der Waals surface area contributed by atoms with E-state index >= 15 is 0 Å². The minimum Gasteiger partial charge on any atom is -0.340 e. The summed E-state index contributed by atoms with van der Waals surface area (Å²) < 4.78 is 27.5. The maximum atomic E-state index is 13.0. The molecule has 2 N–H and O–H groups in total. The third-order valence-electron chi connectivity index (χ3n) is 5.79. The van der Waals surface area contributed by atoms with E-state index < -0.39 is 10.0 Å². The molecule has 152 valence electrons. The number of sulfonamides is 1. The number of halogens is 1. The number of rotatable bonds is 4. The number of nitrogens with two attached hydrogens (primary N) is 1. The van der Waals surface area contributed by atoms with Crippen LogP contribution < -0.4 is 5.73 Å². The van der Waals surface area contributed by atoms with Crippen molar-refractivity contribution in [1.82, 2.24) is 9.21 Å². The number of hydrogen-bond acceptors (Lipinski definition) is 4. The molecule has 1 aliphatic carbocycles. The molecular formula is C19H30ClN3O3S. The summed E-state index contributed by atoms with van der Waals surface area (Å²) in [6, 6.07) is 5.49. The number of carbonyl (C=O) groups is 1. The van der Waals surface area contributed by atoms with Crippen LogP contribution in [0.4, 0.5) is 0 Å². The number of carbonyl (C=O) groups excluding carboxylic acids is 1. The molecule has 1 aromatic rings. The molecule has 2 atom stereocenters. The van der Waals surface area contributed by atoms with Crippen LogP contribution in [0, 0.1) is 25.7 Å². The van der Waals surface area contributed by atoms with Gasteiger partial charge in [-0.3, -0.25) is 4.79 Å². The van der Waals surface area contributed by atoms with Crippen molar-refractivity contribution in [1.29, 1.82) is 0 Å². The Morgan fingerprint density at radius 2 is 1.81 bits per heavy atom. The summed E-state index contributed by atoms with van der Waals surface area (Å²) in [5, 5.41) is 0. The van der Waals surface area contributed by atoms with Crippen molar-refractivity contribution in [2.24, 2.45) is 17.6 Å². The van der Waals surface area contributed by atoms with Gasteiger partial charge in [0.25, 0.3) is 0 Å². The minimum absolute atomic E-state index is 0. The molecule has 0 bridgehead atoms. The van der Waals surface area contributed by atoms with Crippen molar-refractivity contribution < 1.29 is 13.2 Å².